The lowest BCUT2D eigenvalue weighted by Gasteiger charge is -2.24. The van der Waals surface area contributed by atoms with Crippen molar-refractivity contribution in [2.45, 2.75) is 19.3 Å². The quantitative estimate of drug-likeness (QED) is 0.187. The summed E-state index contributed by atoms with van der Waals surface area (Å²) in [4.78, 5) is 15.8. The Hall–Kier alpha value is -6.85. The molecular formula is C48H30N4O. The molecule has 0 N–H and O–H groups in total. The smallest absolute Gasteiger partial charge is 0.238 e. The molecule has 8 aromatic carbocycles. The van der Waals surface area contributed by atoms with E-state index in [2.05, 4.69) is 128 Å². The Bertz CT molecular complexity index is 3240. The molecule has 1 aliphatic rings. The predicted molar refractivity (Wildman–Crippen MR) is 216 cm³/mol. The number of benzene rings is 7. The van der Waals surface area contributed by atoms with Crippen molar-refractivity contribution in [1.82, 2.24) is 19.5 Å². The van der Waals surface area contributed by atoms with Gasteiger partial charge in [0.1, 0.15) is 11.2 Å². The van der Waals surface area contributed by atoms with Crippen LogP contribution in [0.15, 0.2) is 150 Å². The molecule has 0 amide bonds. The second kappa shape index (κ2) is 10.1. The molecule has 5 nitrogen and oxygen atoms in total. The highest BCUT2D eigenvalue weighted by atomic mass is 16.3. The van der Waals surface area contributed by atoms with E-state index in [1.54, 1.807) is 0 Å². The van der Waals surface area contributed by atoms with E-state index >= 15 is 0 Å². The maximum atomic E-state index is 6.69. The molecule has 53 heavy (non-hydrogen) atoms. The minimum absolute atomic E-state index is 0.307. The van der Waals surface area contributed by atoms with Crippen molar-refractivity contribution >= 4 is 65.3 Å². The second-order valence-corrected chi connectivity index (χ2v) is 14.8. The third-order valence-corrected chi connectivity index (χ3v) is 11.6. The molecule has 3 aromatic heterocycles. The van der Waals surface area contributed by atoms with Crippen LogP contribution in [-0.4, -0.2) is 19.5 Å². The van der Waals surface area contributed by atoms with Gasteiger partial charge in [0.05, 0.1) is 11.0 Å². The molecule has 0 spiro atoms. The van der Waals surface area contributed by atoms with Crippen molar-refractivity contribution in [2.75, 3.05) is 0 Å². The van der Waals surface area contributed by atoms with Gasteiger partial charge in [0.2, 0.25) is 5.95 Å². The van der Waals surface area contributed by atoms with E-state index in [0.717, 1.165) is 49.5 Å². The van der Waals surface area contributed by atoms with Gasteiger partial charge in [0, 0.05) is 38.1 Å². The zero-order chi connectivity index (χ0) is 35.0. The van der Waals surface area contributed by atoms with Gasteiger partial charge in [0.25, 0.3) is 0 Å². The first-order valence-corrected chi connectivity index (χ1v) is 18.1. The summed E-state index contributed by atoms with van der Waals surface area (Å²) in [6, 6.07) is 51.4. The van der Waals surface area contributed by atoms with Gasteiger partial charge in [-0.2, -0.15) is 9.97 Å². The van der Waals surface area contributed by atoms with Crippen molar-refractivity contribution in [3.8, 4) is 39.9 Å². The summed E-state index contributed by atoms with van der Waals surface area (Å²) >= 11 is 0. The van der Waals surface area contributed by atoms with Gasteiger partial charge in [-0.25, -0.2) is 4.98 Å². The first-order chi connectivity index (χ1) is 26.1. The van der Waals surface area contributed by atoms with Crippen LogP contribution in [0.25, 0.3) is 105 Å². The van der Waals surface area contributed by atoms with E-state index in [1.807, 2.05) is 36.4 Å². The van der Waals surface area contributed by atoms with Crippen molar-refractivity contribution in [2.24, 2.45) is 0 Å². The Kier molecular flexibility index (Phi) is 5.51. The number of rotatable bonds is 3. The van der Waals surface area contributed by atoms with Crippen molar-refractivity contribution in [1.29, 1.82) is 0 Å². The summed E-state index contributed by atoms with van der Waals surface area (Å²) in [5.74, 6) is 1.85. The Morgan fingerprint density at radius 3 is 1.85 bits per heavy atom. The number of hydrogen-bond donors (Lipinski definition) is 0. The molecule has 0 bridgehead atoms. The zero-order valence-corrected chi connectivity index (χ0v) is 29.1. The lowest BCUT2D eigenvalue weighted by molar-refractivity contribution is 0.663. The number of nitrogens with zero attached hydrogens (tertiary/aromatic N) is 4. The highest BCUT2D eigenvalue weighted by Gasteiger charge is 2.40. The lowest BCUT2D eigenvalue weighted by atomic mass is 9.81. The molecule has 0 saturated carbocycles. The van der Waals surface area contributed by atoms with Gasteiger partial charge in [-0.05, 0) is 68.1 Å². The van der Waals surface area contributed by atoms with E-state index in [9.17, 15) is 0 Å². The average molecular weight is 679 g/mol. The highest BCUT2D eigenvalue weighted by molar-refractivity contribution is 6.39. The van der Waals surface area contributed by atoms with Gasteiger partial charge in [-0.3, -0.25) is 4.57 Å². The molecule has 1 aliphatic carbocycles. The molecule has 5 heteroatoms. The van der Waals surface area contributed by atoms with E-state index in [4.69, 9.17) is 19.4 Å². The number of hydrogen-bond acceptors (Lipinski definition) is 4. The Labute approximate surface area is 304 Å². The molecule has 0 radical (unpaired) electrons. The molecule has 11 aromatic rings. The summed E-state index contributed by atoms with van der Waals surface area (Å²) < 4.78 is 9.02. The summed E-state index contributed by atoms with van der Waals surface area (Å²) in [7, 11) is 0. The minimum atomic E-state index is -0.307. The molecule has 0 saturated heterocycles. The maximum Gasteiger partial charge on any atom is 0.238 e. The van der Waals surface area contributed by atoms with Crippen LogP contribution in [0.3, 0.4) is 0 Å². The van der Waals surface area contributed by atoms with Gasteiger partial charge in [-0.15, -0.1) is 0 Å². The summed E-state index contributed by atoms with van der Waals surface area (Å²) in [6.07, 6.45) is 0. The van der Waals surface area contributed by atoms with Gasteiger partial charge in [0.15, 0.2) is 11.6 Å². The monoisotopic (exact) mass is 678 g/mol. The Balaban J connectivity index is 1.37. The summed E-state index contributed by atoms with van der Waals surface area (Å²) in [5.41, 5.74) is 10.6. The van der Waals surface area contributed by atoms with Crippen LogP contribution < -0.4 is 0 Å². The summed E-state index contributed by atoms with van der Waals surface area (Å²) in [5, 5.41) is 9.38. The molecule has 0 atom stereocenters. The van der Waals surface area contributed by atoms with Crippen molar-refractivity contribution in [3.63, 3.8) is 0 Å². The topological polar surface area (TPSA) is 56.7 Å². The SMILES string of the molecule is CC1(C)c2ccccc2-c2cc3c4ccccc4c4cccc5oc6ccc7c(c6c54)c3c(c21)n7-c1nc(-c2ccccc2)nc(-c2ccccc2)n1. The van der Waals surface area contributed by atoms with E-state index in [1.165, 1.54) is 49.2 Å². The normalized spacial score (nSPS) is 13.6. The van der Waals surface area contributed by atoms with E-state index in [0.29, 0.717) is 17.6 Å². The first-order valence-electron chi connectivity index (χ1n) is 18.1. The van der Waals surface area contributed by atoms with Crippen LogP contribution in [-0.2, 0) is 5.41 Å². The number of fused-ring (bicyclic) bond motifs is 7. The fourth-order valence-corrected chi connectivity index (χ4v) is 9.34. The molecule has 3 heterocycles. The van der Waals surface area contributed by atoms with E-state index < -0.39 is 0 Å². The summed E-state index contributed by atoms with van der Waals surface area (Å²) in [6.45, 7) is 4.72. The maximum absolute atomic E-state index is 6.69. The predicted octanol–water partition coefficient (Wildman–Crippen LogP) is 12.3. The minimum Gasteiger partial charge on any atom is -0.456 e. The van der Waals surface area contributed by atoms with Crippen molar-refractivity contribution < 1.29 is 4.42 Å². The van der Waals surface area contributed by atoms with Crippen LogP contribution in [0.2, 0.25) is 0 Å². The Morgan fingerprint density at radius 1 is 0.491 bits per heavy atom. The molecule has 0 fully saturated rings. The van der Waals surface area contributed by atoms with Crippen LogP contribution >= 0.6 is 0 Å². The molecular weight excluding hydrogens is 649 g/mol. The first kappa shape index (κ1) is 28.8. The van der Waals surface area contributed by atoms with Gasteiger partial charge >= 0.3 is 0 Å². The third-order valence-electron chi connectivity index (χ3n) is 11.6. The lowest BCUT2D eigenvalue weighted by Crippen LogP contribution is -2.17. The Morgan fingerprint density at radius 2 is 1.11 bits per heavy atom. The zero-order valence-electron chi connectivity index (χ0n) is 29.1. The van der Waals surface area contributed by atoms with Crippen LogP contribution in [0, 0.1) is 0 Å². The standard InChI is InChI=1S/C48H30N4O/c1-48(2)35-22-12-11-20-31(35)34-26-33-30-19-10-9-18-29(30)32-21-13-23-37-39(32)42-38(53-37)25-24-36-41(42)40(33)44(43(34)48)52(36)47-50-45(27-14-5-3-6-15-27)49-46(51-47)28-16-7-4-8-17-28/h3-26H,1-2H3. The van der Waals surface area contributed by atoms with Crippen LogP contribution in [0.4, 0.5) is 0 Å². The second-order valence-electron chi connectivity index (χ2n) is 14.8. The van der Waals surface area contributed by atoms with E-state index in [-0.39, 0.29) is 5.41 Å². The van der Waals surface area contributed by atoms with Crippen LogP contribution in [0.1, 0.15) is 25.0 Å². The van der Waals surface area contributed by atoms with Crippen molar-refractivity contribution in [3.05, 3.63) is 157 Å². The molecule has 248 valence electrons. The van der Waals surface area contributed by atoms with Gasteiger partial charge < -0.3 is 4.42 Å². The molecule has 0 aliphatic heterocycles. The average Bonchev–Trinajstić information content (AvgIpc) is 3.83. The number of aromatic nitrogens is 4. The van der Waals surface area contributed by atoms with Crippen LogP contribution in [0.5, 0.6) is 0 Å². The fourth-order valence-electron chi connectivity index (χ4n) is 9.34. The van der Waals surface area contributed by atoms with Gasteiger partial charge in [-0.1, -0.05) is 135 Å². The molecule has 0 unspecified atom stereocenters. The molecule has 12 rings (SSSR count). The number of furan rings is 1. The third kappa shape index (κ3) is 3.73. The fraction of sp³-hybridized carbons (Fsp3) is 0.0625. The largest absolute Gasteiger partial charge is 0.456 e. The highest BCUT2D eigenvalue weighted by Crippen LogP contribution is 2.56.